The molecule has 0 saturated carbocycles. The fourth-order valence-electron chi connectivity index (χ4n) is 5.16. The molecule has 3 aromatic carbocycles. The molecule has 2 aliphatic heterocycles. The number of para-hydroxylation sites is 1. The number of nitrogens with two attached hydrogens (primary N) is 1. The summed E-state index contributed by atoms with van der Waals surface area (Å²) in [4.78, 5) is 21.3. The lowest BCUT2D eigenvalue weighted by molar-refractivity contribution is -0.121. The van der Waals surface area contributed by atoms with Crippen molar-refractivity contribution in [3.05, 3.63) is 106 Å². The topological polar surface area (TPSA) is 74.0 Å². The van der Waals surface area contributed by atoms with Gasteiger partial charge in [0.15, 0.2) is 0 Å². The quantitative estimate of drug-likeness (QED) is 0.257. The van der Waals surface area contributed by atoms with Crippen LogP contribution in [0.15, 0.2) is 89.7 Å². The van der Waals surface area contributed by atoms with Crippen molar-refractivity contribution in [3.8, 4) is 0 Å². The molecule has 0 radical (unpaired) electrons. The van der Waals surface area contributed by atoms with Crippen molar-refractivity contribution in [1.82, 2.24) is 5.32 Å². The van der Waals surface area contributed by atoms with Gasteiger partial charge in [0.05, 0.1) is 32.8 Å². The Bertz CT molecular complexity index is 1480. The van der Waals surface area contributed by atoms with Gasteiger partial charge < -0.3 is 20.9 Å². The van der Waals surface area contributed by atoms with Crippen molar-refractivity contribution < 1.29 is 4.79 Å². The number of halogens is 2. The third kappa shape index (κ3) is 5.94. The molecule has 8 heteroatoms. The molecule has 0 aromatic heterocycles. The van der Waals surface area contributed by atoms with Crippen LogP contribution in [0.3, 0.4) is 0 Å². The number of carbonyl (C=O) groups is 1. The Kier molecular flexibility index (Phi) is 8.90. The number of unbranched alkanes of at least 4 members (excludes halogenated alkanes) is 2. The van der Waals surface area contributed by atoms with Gasteiger partial charge in [-0.1, -0.05) is 78.2 Å². The van der Waals surface area contributed by atoms with Crippen molar-refractivity contribution in [1.29, 1.82) is 0 Å². The summed E-state index contributed by atoms with van der Waals surface area (Å²) in [6.07, 6.45) is 7.49. The first-order valence-corrected chi connectivity index (χ1v) is 14.4. The second-order valence-electron chi connectivity index (χ2n) is 9.86. The highest BCUT2D eigenvalue weighted by atomic mass is 35.5. The van der Waals surface area contributed by atoms with Gasteiger partial charge in [-0.15, -0.1) is 0 Å². The Hall–Kier alpha value is -3.58. The molecule has 3 N–H and O–H groups in total. The number of nitrogens with one attached hydrogen (secondary N) is 1. The average Bonchev–Trinajstić information content (AvgIpc) is 3.46. The van der Waals surface area contributed by atoms with E-state index in [-0.39, 0.29) is 5.91 Å². The summed E-state index contributed by atoms with van der Waals surface area (Å²) in [7, 11) is 2.05. The predicted molar refractivity (Wildman–Crippen MR) is 168 cm³/mol. The number of allylic oxidation sites excluding steroid dienone is 3. The van der Waals surface area contributed by atoms with E-state index in [1.807, 2.05) is 49.5 Å². The normalized spacial score (nSPS) is 15.9. The minimum Gasteiger partial charge on any atom is -0.355 e. The number of aliphatic imine (C=N–C) groups is 1. The van der Waals surface area contributed by atoms with E-state index in [1.165, 1.54) is 0 Å². The van der Waals surface area contributed by atoms with E-state index in [1.54, 1.807) is 0 Å². The zero-order chi connectivity index (χ0) is 28.1. The van der Waals surface area contributed by atoms with Crippen molar-refractivity contribution in [2.24, 2.45) is 10.7 Å². The Labute approximate surface area is 245 Å². The van der Waals surface area contributed by atoms with E-state index in [0.717, 1.165) is 71.1 Å². The average molecular weight is 575 g/mol. The SMILES string of the molecule is CN1C(=CC=C2C(c3ccccc3)=Nc3ccccc32)N(CCCCCC(=O)NCCN)c2cc(Cl)c(Cl)cc21. The Balaban J connectivity index is 1.42. The second kappa shape index (κ2) is 12.7. The zero-order valence-corrected chi connectivity index (χ0v) is 24.1. The van der Waals surface area contributed by atoms with Gasteiger partial charge in [0.1, 0.15) is 5.82 Å². The van der Waals surface area contributed by atoms with Crippen LogP contribution in [0.4, 0.5) is 17.1 Å². The molecule has 0 bridgehead atoms. The third-order valence-corrected chi connectivity index (χ3v) is 7.89. The summed E-state index contributed by atoms with van der Waals surface area (Å²) in [5, 5.41) is 3.89. The molecule has 2 heterocycles. The first kappa shape index (κ1) is 28.0. The van der Waals surface area contributed by atoms with E-state index < -0.39 is 0 Å². The number of fused-ring (bicyclic) bond motifs is 2. The molecule has 0 aliphatic carbocycles. The van der Waals surface area contributed by atoms with Crippen LogP contribution >= 0.6 is 23.2 Å². The number of benzene rings is 3. The molecule has 0 saturated heterocycles. The number of hydrogen-bond donors (Lipinski definition) is 2. The number of rotatable bonds is 10. The number of hydrogen-bond acceptors (Lipinski definition) is 5. The van der Waals surface area contributed by atoms with Crippen LogP contribution in [0.25, 0.3) is 5.57 Å². The summed E-state index contributed by atoms with van der Waals surface area (Å²) in [6, 6.07) is 22.4. The summed E-state index contributed by atoms with van der Waals surface area (Å²) in [5.74, 6) is 1.08. The second-order valence-corrected chi connectivity index (χ2v) is 10.7. The highest BCUT2D eigenvalue weighted by molar-refractivity contribution is 6.42. The van der Waals surface area contributed by atoms with E-state index in [2.05, 4.69) is 51.5 Å². The summed E-state index contributed by atoms with van der Waals surface area (Å²) in [5.41, 5.74) is 12.7. The van der Waals surface area contributed by atoms with Crippen molar-refractivity contribution in [2.75, 3.05) is 36.5 Å². The van der Waals surface area contributed by atoms with Gasteiger partial charge in [0, 0.05) is 49.8 Å². The van der Waals surface area contributed by atoms with Gasteiger partial charge >= 0.3 is 0 Å². The molecule has 5 rings (SSSR count). The minimum absolute atomic E-state index is 0.0538. The Morgan fingerprint density at radius 1 is 0.950 bits per heavy atom. The molecule has 0 spiro atoms. The fraction of sp³-hybridized carbons (Fsp3) is 0.250. The van der Waals surface area contributed by atoms with Crippen molar-refractivity contribution in [2.45, 2.75) is 25.7 Å². The van der Waals surface area contributed by atoms with Gasteiger partial charge in [-0.25, -0.2) is 4.99 Å². The number of anilines is 2. The van der Waals surface area contributed by atoms with Gasteiger partial charge in [-0.2, -0.15) is 0 Å². The highest BCUT2D eigenvalue weighted by Gasteiger charge is 2.30. The van der Waals surface area contributed by atoms with Crippen LogP contribution in [-0.2, 0) is 4.79 Å². The molecule has 0 unspecified atom stereocenters. The molecule has 1 amide bonds. The van der Waals surface area contributed by atoms with Crippen LogP contribution in [0.2, 0.25) is 10.0 Å². The monoisotopic (exact) mass is 573 g/mol. The predicted octanol–water partition coefficient (Wildman–Crippen LogP) is 6.94. The molecule has 206 valence electrons. The Morgan fingerprint density at radius 2 is 1.68 bits per heavy atom. The molecular weight excluding hydrogens is 541 g/mol. The van der Waals surface area contributed by atoms with Crippen molar-refractivity contribution >= 4 is 57.5 Å². The smallest absolute Gasteiger partial charge is 0.220 e. The maximum absolute atomic E-state index is 11.9. The molecule has 6 nitrogen and oxygen atoms in total. The molecule has 40 heavy (non-hydrogen) atoms. The van der Waals surface area contributed by atoms with Crippen LogP contribution in [-0.4, -0.2) is 38.3 Å². The summed E-state index contributed by atoms with van der Waals surface area (Å²) < 4.78 is 0. The summed E-state index contributed by atoms with van der Waals surface area (Å²) in [6.45, 7) is 1.75. The fourth-order valence-corrected chi connectivity index (χ4v) is 5.47. The van der Waals surface area contributed by atoms with Gasteiger partial charge in [-0.3, -0.25) is 4.79 Å². The standard InChI is InChI=1S/C32H33Cl2N5O/c1-38-28-20-25(33)26(34)21-29(28)39(19-9-3-6-14-30(40)36-18-17-35)31(38)16-15-24-23-12-7-8-13-27(23)37-32(24)22-10-4-2-5-11-22/h2,4-5,7-8,10-13,15-16,20-21H,3,6,9,14,17-19,35H2,1H3,(H,36,40). The van der Waals surface area contributed by atoms with E-state index in [9.17, 15) is 4.79 Å². The molecular formula is C32H33Cl2N5O. The lowest BCUT2D eigenvalue weighted by Crippen LogP contribution is -2.28. The van der Waals surface area contributed by atoms with Crippen LogP contribution in [0.5, 0.6) is 0 Å². The first-order valence-electron chi connectivity index (χ1n) is 13.6. The number of nitrogens with zero attached hydrogens (tertiary/aromatic N) is 3. The first-order chi connectivity index (χ1) is 19.5. The maximum Gasteiger partial charge on any atom is 0.220 e. The number of amides is 1. The van der Waals surface area contributed by atoms with Crippen LogP contribution < -0.4 is 20.9 Å². The van der Waals surface area contributed by atoms with Crippen molar-refractivity contribution in [3.63, 3.8) is 0 Å². The van der Waals surface area contributed by atoms with Crippen LogP contribution in [0, 0.1) is 0 Å². The third-order valence-electron chi connectivity index (χ3n) is 7.17. The van der Waals surface area contributed by atoms with E-state index in [4.69, 9.17) is 33.9 Å². The largest absolute Gasteiger partial charge is 0.355 e. The van der Waals surface area contributed by atoms with Crippen LogP contribution in [0.1, 0.15) is 36.8 Å². The molecule has 3 aromatic rings. The number of carbonyl (C=O) groups excluding carboxylic acids is 1. The zero-order valence-electron chi connectivity index (χ0n) is 22.5. The van der Waals surface area contributed by atoms with Gasteiger partial charge in [0.25, 0.3) is 0 Å². The maximum atomic E-state index is 11.9. The van der Waals surface area contributed by atoms with Gasteiger partial charge in [-0.05, 0) is 43.2 Å². The Morgan fingerprint density at radius 3 is 2.45 bits per heavy atom. The van der Waals surface area contributed by atoms with E-state index in [0.29, 0.717) is 29.6 Å². The highest BCUT2D eigenvalue weighted by Crippen LogP contribution is 2.45. The lowest BCUT2D eigenvalue weighted by Gasteiger charge is -2.23. The lowest BCUT2D eigenvalue weighted by atomic mass is 9.97. The summed E-state index contributed by atoms with van der Waals surface area (Å²) >= 11 is 12.9. The molecule has 0 atom stereocenters. The molecule has 0 fully saturated rings. The van der Waals surface area contributed by atoms with E-state index >= 15 is 0 Å². The van der Waals surface area contributed by atoms with Gasteiger partial charge in [0.2, 0.25) is 5.91 Å². The molecule has 2 aliphatic rings. The minimum atomic E-state index is 0.0538.